The normalized spacial score (nSPS) is 15.6. The zero-order valence-electron chi connectivity index (χ0n) is 11.1. The molecule has 108 valence electrons. The van der Waals surface area contributed by atoms with Gasteiger partial charge in [0.05, 0.1) is 18.4 Å². The van der Waals surface area contributed by atoms with Gasteiger partial charge in [0.25, 0.3) is 0 Å². The second kappa shape index (κ2) is 7.30. The molecular weight excluding hydrogens is 264 g/mol. The number of hydrogen-bond acceptors (Lipinski definition) is 5. The summed E-state index contributed by atoms with van der Waals surface area (Å²) in [6.45, 7) is 9.44. The van der Waals surface area contributed by atoms with E-state index in [1.165, 1.54) is 6.26 Å². The van der Waals surface area contributed by atoms with Gasteiger partial charge in [-0.3, -0.25) is 0 Å². The van der Waals surface area contributed by atoms with Crippen molar-refractivity contribution < 1.29 is 28.6 Å². The van der Waals surface area contributed by atoms with Gasteiger partial charge in [-0.15, -0.1) is 0 Å². The van der Waals surface area contributed by atoms with Crippen LogP contribution >= 0.6 is 0 Å². The minimum absolute atomic E-state index is 0.0231. The highest BCUT2D eigenvalue weighted by Gasteiger charge is 2.24. The molecule has 1 fully saturated rings. The van der Waals surface area contributed by atoms with Crippen molar-refractivity contribution in [1.29, 1.82) is 0 Å². The van der Waals surface area contributed by atoms with E-state index in [1.807, 2.05) is 0 Å². The molecular formula is C14H16O6. The molecule has 1 aromatic rings. The van der Waals surface area contributed by atoms with Gasteiger partial charge in [0.15, 0.2) is 0 Å². The summed E-state index contributed by atoms with van der Waals surface area (Å²) in [4.78, 5) is 20.9. The quantitative estimate of drug-likeness (QED) is 0.503. The van der Waals surface area contributed by atoms with Crippen molar-refractivity contribution in [3.05, 3.63) is 42.9 Å². The van der Waals surface area contributed by atoms with Crippen molar-refractivity contribution in [2.75, 3.05) is 13.2 Å². The molecule has 1 unspecified atom stereocenters. The predicted molar refractivity (Wildman–Crippen MR) is 70.9 cm³/mol. The number of esters is 1. The molecule has 1 atom stereocenters. The molecule has 0 bridgehead atoms. The molecule has 1 aromatic heterocycles. The van der Waals surface area contributed by atoms with Gasteiger partial charge in [0.1, 0.15) is 18.5 Å². The van der Waals surface area contributed by atoms with Crippen LogP contribution in [-0.2, 0) is 19.1 Å². The first kappa shape index (κ1) is 15.7. The topological polar surface area (TPSA) is 89.3 Å². The van der Waals surface area contributed by atoms with E-state index in [-0.39, 0.29) is 17.6 Å². The SMILES string of the molecule is C=C(C(=O)O)c1ccco1.C=C(C)C(=O)OCC1CO1. The van der Waals surface area contributed by atoms with Crippen LogP contribution in [0, 0.1) is 0 Å². The van der Waals surface area contributed by atoms with Gasteiger partial charge in [-0.2, -0.15) is 0 Å². The second-order valence-electron chi connectivity index (χ2n) is 4.10. The van der Waals surface area contributed by atoms with Crippen LogP contribution in [0.25, 0.3) is 5.57 Å². The summed E-state index contributed by atoms with van der Waals surface area (Å²) in [5.41, 5.74) is 0.408. The zero-order chi connectivity index (χ0) is 15.1. The van der Waals surface area contributed by atoms with Crippen molar-refractivity contribution >= 4 is 17.5 Å². The maximum absolute atomic E-state index is 10.7. The summed E-state index contributed by atoms with van der Waals surface area (Å²) in [6, 6.07) is 3.17. The second-order valence-corrected chi connectivity index (χ2v) is 4.10. The average molecular weight is 280 g/mol. The van der Waals surface area contributed by atoms with E-state index in [1.54, 1.807) is 19.1 Å². The molecule has 2 heterocycles. The van der Waals surface area contributed by atoms with Crippen LogP contribution in [0.4, 0.5) is 0 Å². The monoisotopic (exact) mass is 280 g/mol. The summed E-state index contributed by atoms with van der Waals surface area (Å²) < 4.78 is 14.4. The van der Waals surface area contributed by atoms with Crippen LogP contribution in [0.3, 0.4) is 0 Å². The molecule has 1 N–H and O–H groups in total. The predicted octanol–water partition coefficient (Wildman–Crippen LogP) is 1.88. The Morgan fingerprint density at radius 1 is 1.50 bits per heavy atom. The van der Waals surface area contributed by atoms with E-state index < -0.39 is 5.97 Å². The van der Waals surface area contributed by atoms with Crippen LogP contribution in [0.5, 0.6) is 0 Å². The lowest BCUT2D eigenvalue weighted by Gasteiger charge is -1.99. The number of hydrogen-bond donors (Lipinski definition) is 1. The molecule has 0 spiro atoms. The lowest BCUT2D eigenvalue weighted by Crippen LogP contribution is -2.09. The standard InChI is InChI=1S/C7H10O3.C7H6O3/c1-5(2)7(8)10-4-6-3-9-6;1-5(7(8)9)6-3-2-4-10-6/h6H,1,3-4H2,2H3;2-4H,1H2,(H,8,9). The number of aliphatic carboxylic acids is 1. The summed E-state index contributed by atoms with van der Waals surface area (Å²) >= 11 is 0. The maximum Gasteiger partial charge on any atom is 0.338 e. The van der Waals surface area contributed by atoms with Gasteiger partial charge in [0, 0.05) is 5.57 Å². The number of carbonyl (C=O) groups excluding carboxylic acids is 1. The third-order valence-corrected chi connectivity index (χ3v) is 2.23. The van der Waals surface area contributed by atoms with Gasteiger partial charge in [0.2, 0.25) is 0 Å². The van der Waals surface area contributed by atoms with Crippen LogP contribution in [0.2, 0.25) is 0 Å². The molecule has 6 heteroatoms. The van der Waals surface area contributed by atoms with Crippen molar-refractivity contribution in [3.63, 3.8) is 0 Å². The summed E-state index contributed by atoms with van der Waals surface area (Å²) in [6.07, 6.45) is 1.55. The summed E-state index contributed by atoms with van der Waals surface area (Å²) in [5, 5.41) is 8.39. The Bertz CT molecular complexity index is 496. The van der Waals surface area contributed by atoms with E-state index >= 15 is 0 Å². The van der Waals surface area contributed by atoms with E-state index in [4.69, 9.17) is 19.0 Å². The Hall–Kier alpha value is -2.34. The number of epoxide rings is 1. The fourth-order valence-corrected chi connectivity index (χ4v) is 1.01. The highest BCUT2D eigenvalue weighted by atomic mass is 16.6. The van der Waals surface area contributed by atoms with E-state index in [0.29, 0.717) is 24.5 Å². The molecule has 0 amide bonds. The number of carboxylic acid groups (broad SMARTS) is 1. The van der Waals surface area contributed by atoms with Gasteiger partial charge in [-0.05, 0) is 19.1 Å². The molecule has 20 heavy (non-hydrogen) atoms. The van der Waals surface area contributed by atoms with Gasteiger partial charge in [-0.25, -0.2) is 9.59 Å². The Morgan fingerprint density at radius 2 is 2.15 bits per heavy atom. The summed E-state index contributed by atoms with van der Waals surface area (Å²) in [7, 11) is 0. The zero-order valence-corrected chi connectivity index (χ0v) is 11.1. The van der Waals surface area contributed by atoms with Gasteiger partial charge in [-0.1, -0.05) is 13.2 Å². The number of ether oxygens (including phenoxy) is 2. The van der Waals surface area contributed by atoms with Crippen LogP contribution in [-0.4, -0.2) is 36.4 Å². The van der Waals surface area contributed by atoms with Crippen LogP contribution in [0.15, 0.2) is 41.5 Å². The Labute approximate surface area is 116 Å². The van der Waals surface area contributed by atoms with E-state index in [9.17, 15) is 9.59 Å². The Balaban J connectivity index is 0.000000200. The number of furan rings is 1. The lowest BCUT2D eigenvalue weighted by molar-refractivity contribution is -0.139. The highest BCUT2D eigenvalue weighted by Crippen LogP contribution is 2.11. The fraction of sp³-hybridized carbons (Fsp3) is 0.286. The Morgan fingerprint density at radius 3 is 2.55 bits per heavy atom. The first-order valence-electron chi connectivity index (χ1n) is 5.82. The minimum Gasteiger partial charge on any atom is -0.478 e. The van der Waals surface area contributed by atoms with Gasteiger partial charge >= 0.3 is 11.9 Å². The van der Waals surface area contributed by atoms with Crippen molar-refractivity contribution in [3.8, 4) is 0 Å². The molecule has 1 aliphatic heterocycles. The third kappa shape index (κ3) is 5.53. The molecule has 6 nitrogen and oxygen atoms in total. The number of carbonyl (C=O) groups is 2. The largest absolute Gasteiger partial charge is 0.478 e. The molecule has 1 aliphatic rings. The molecule has 0 aromatic carbocycles. The number of carboxylic acids is 1. The first-order valence-corrected chi connectivity index (χ1v) is 5.82. The minimum atomic E-state index is -1.06. The Kier molecular flexibility index (Phi) is 5.74. The van der Waals surface area contributed by atoms with Crippen LogP contribution in [0.1, 0.15) is 12.7 Å². The average Bonchev–Trinajstić information content (AvgIpc) is 3.07. The smallest absolute Gasteiger partial charge is 0.338 e. The highest BCUT2D eigenvalue weighted by molar-refractivity contribution is 6.13. The van der Waals surface area contributed by atoms with Crippen molar-refractivity contribution in [1.82, 2.24) is 0 Å². The fourth-order valence-electron chi connectivity index (χ4n) is 1.01. The van der Waals surface area contributed by atoms with Crippen LogP contribution < -0.4 is 0 Å². The molecule has 0 saturated carbocycles. The molecule has 0 aliphatic carbocycles. The molecule has 1 saturated heterocycles. The van der Waals surface area contributed by atoms with Crippen molar-refractivity contribution in [2.45, 2.75) is 13.0 Å². The maximum atomic E-state index is 10.7. The summed E-state index contributed by atoms with van der Waals surface area (Å²) in [5.74, 6) is -1.10. The lowest BCUT2D eigenvalue weighted by atomic mass is 10.2. The molecule has 0 radical (unpaired) electrons. The molecule has 2 rings (SSSR count). The van der Waals surface area contributed by atoms with E-state index in [2.05, 4.69) is 13.2 Å². The van der Waals surface area contributed by atoms with E-state index in [0.717, 1.165) is 0 Å². The van der Waals surface area contributed by atoms with Gasteiger partial charge < -0.3 is 19.0 Å². The number of rotatable bonds is 5. The third-order valence-electron chi connectivity index (χ3n) is 2.23. The first-order chi connectivity index (χ1) is 9.41. The van der Waals surface area contributed by atoms with Crippen molar-refractivity contribution in [2.24, 2.45) is 0 Å².